The predicted molar refractivity (Wildman–Crippen MR) is 292 cm³/mol. The van der Waals surface area contributed by atoms with E-state index in [-0.39, 0.29) is 39.2 Å². The highest BCUT2D eigenvalue weighted by Gasteiger charge is 2.49. The van der Waals surface area contributed by atoms with Crippen molar-refractivity contribution < 1.29 is 4.42 Å². The average Bonchev–Trinajstić information content (AvgIpc) is 3.80. The molecule has 7 aromatic carbocycles. The third-order valence-electron chi connectivity index (χ3n) is 16.7. The van der Waals surface area contributed by atoms with Crippen LogP contribution in [0.4, 0.5) is 34.1 Å². The van der Waals surface area contributed by atoms with Gasteiger partial charge in [-0.2, -0.15) is 0 Å². The Hall–Kier alpha value is -6.00. The van der Waals surface area contributed by atoms with Gasteiger partial charge in [0.25, 0.3) is 6.71 Å². The molecule has 12 rings (SSSR count). The first-order chi connectivity index (χ1) is 31.9. The normalized spacial score (nSPS) is 18.1. The van der Waals surface area contributed by atoms with E-state index in [1.54, 1.807) is 0 Å². The summed E-state index contributed by atoms with van der Waals surface area (Å²) >= 11 is 0. The molecule has 68 heavy (non-hydrogen) atoms. The summed E-state index contributed by atoms with van der Waals surface area (Å²) in [7, 11) is 0. The molecule has 4 heteroatoms. The molecule has 4 aliphatic rings. The summed E-state index contributed by atoms with van der Waals surface area (Å²) in [6, 6.07) is 49.5. The van der Waals surface area contributed by atoms with Gasteiger partial charge in [-0.1, -0.05) is 158 Å². The summed E-state index contributed by atoms with van der Waals surface area (Å²) in [6.07, 6.45) is 2.26. The lowest BCUT2D eigenvalue weighted by Gasteiger charge is -2.46. The van der Waals surface area contributed by atoms with Crippen molar-refractivity contribution in [2.45, 2.75) is 142 Å². The van der Waals surface area contributed by atoms with Crippen LogP contribution >= 0.6 is 0 Å². The fourth-order valence-corrected chi connectivity index (χ4v) is 13.7. The van der Waals surface area contributed by atoms with Crippen molar-refractivity contribution in [1.82, 2.24) is 0 Å². The van der Waals surface area contributed by atoms with Crippen LogP contribution in [0, 0.1) is 0 Å². The van der Waals surface area contributed by atoms with E-state index < -0.39 is 0 Å². The molecule has 0 fully saturated rings. The Morgan fingerprint density at radius 1 is 0.426 bits per heavy atom. The first kappa shape index (κ1) is 43.3. The lowest BCUT2D eigenvalue weighted by molar-refractivity contribution is 0.403. The lowest BCUT2D eigenvalue weighted by Crippen LogP contribution is -2.62. The Labute approximate surface area is 405 Å². The highest BCUT2D eigenvalue weighted by molar-refractivity contribution is 7.00. The number of para-hydroxylation sites is 1. The van der Waals surface area contributed by atoms with Gasteiger partial charge in [0.15, 0.2) is 0 Å². The van der Waals surface area contributed by atoms with Crippen molar-refractivity contribution in [3.8, 4) is 11.1 Å². The molecular formula is C64H67BN2O. The van der Waals surface area contributed by atoms with Gasteiger partial charge in [-0.15, -0.1) is 0 Å². The highest BCUT2D eigenvalue weighted by Crippen LogP contribution is 2.55. The molecule has 0 saturated heterocycles. The van der Waals surface area contributed by atoms with Crippen LogP contribution in [0.1, 0.15) is 143 Å². The summed E-state index contributed by atoms with van der Waals surface area (Å²) in [4.78, 5) is 5.29. The van der Waals surface area contributed by atoms with Crippen LogP contribution in [0.3, 0.4) is 0 Å². The van der Waals surface area contributed by atoms with Crippen molar-refractivity contribution in [3.63, 3.8) is 0 Å². The van der Waals surface area contributed by atoms with Gasteiger partial charge in [-0.3, -0.25) is 0 Å². The van der Waals surface area contributed by atoms with Crippen LogP contribution in [-0.4, -0.2) is 6.71 Å². The Morgan fingerprint density at radius 2 is 0.971 bits per heavy atom. The van der Waals surface area contributed by atoms with Gasteiger partial charge in [0.05, 0.1) is 0 Å². The third kappa shape index (κ3) is 6.31. The summed E-state index contributed by atoms with van der Waals surface area (Å²) in [5.41, 5.74) is 24.7. The maximum absolute atomic E-state index is 6.36. The molecule has 3 heterocycles. The maximum atomic E-state index is 6.36. The summed E-state index contributed by atoms with van der Waals surface area (Å²) in [5, 5.41) is 2.31. The van der Waals surface area contributed by atoms with Gasteiger partial charge in [-0.05, 0) is 173 Å². The van der Waals surface area contributed by atoms with Crippen LogP contribution in [0.5, 0.6) is 0 Å². The zero-order valence-electron chi connectivity index (χ0n) is 42.9. The van der Waals surface area contributed by atoms with Crippen molar-refractivity contribution in [1.29, 1.82) is 0 Å². The third-order valence-corrected chi connectivity index (χ3v) is 16.7. The van der Waals surface area contributed by atoms with Crippen molar-refractivity contribution in [2.24, 2.45) is 0 Å². The molecule has 0 N–H and O–H groups in total. The minimum atomic E-state index is -0.109. The summed E-state index contributed by atoms with van der Waals surface area (Å²) < 4.78 is 6.36. The smallest absolute Gasteiger partial charge is 0.252 e. The number of furan rings is 1. The molecule has 1 aromatic heterocycles. The SMILES string of the molecule is CC(C)(C)c1ccc2c(c1)B1c3cc4c(cc3N(c3ccc5c(c3)C(C)(C)CC5(C)C)c3cc(C(C)(C)C)cc(c31)N2c1ccc(-c2ccc3c(c2)oc2ccccc23)cc1)C(C)(C)CC4(C)C. The van der Waals surface area contributed by atoms with Gasteiger partial charge < -0.3 is 14.2 Å². The van der Waals surface area contributed by atoms with Crippen LogP contribution in [-0.2, 0) is 32.5 Å². The number of hydrogen-bond acceptors (Lipinski definition) is 3. The fourth-order valence-electron chi connectivity index (χ4n) is 13.7. The van der Waals surface area contributed by atoms with E-state index in [0.717, 1.165) is 46.0 Å². The molecule has 0 unspecified atom stereocenters. The van der Waals surface area contributed by atoms with E-state index in [0.29, 0.717) is 0 Å². The lowest BCUT2D eigenvalue weighted by atomic mass is 9.33. The molecule has 0 radical (unpaired) electrons. The van der Waals surface area contributed by atoms with E-state index in [2.05, 4.69) is 228 Å². The molecule has 2 aliphatic carbocycles. The molecule has 0 spiro atoms. The largest absolute Gasteiger partial charge is 0.456 e. The number of hydrogen-bond donors (Lipinski definition) is 0. The zero-order chi connectivity index (χ0) is 47.8. The van der Waals surface area contributed by atoms with Crippen molar-refractivity contribution >= 4 is 79.2 Å². The number of rotatable bonds is 3. The molecule has 2 aliphatic heterocycles. The predicted octanol–water partition coefficient (Wildman–Crippen LogP) is 15.8. The van der Waals surface area contributed by atoms with Crippen LogP contribution in [0.25, 0.3) is 33.1 Å². The number of benzene rings is 7. The van der Waals surface area contributed by atoms with Gasteiger partial charge in [-0.25, -0.2) is 0 Å². The van der Waals surface area contributed by atoms with Gasteiger partial charge in [0.1, 0.15) is 11.2 Å². The van der Waals surface area contributed by atoms with Crippen LogP contribution in [0.15, 0.2) is 132 Å². The van der Waals surface area contributed by atoms with E-state index in [4.69, 9.17) is 4.42 Å². The van der Waals surface area contributed by atoms with Gasteiger partial charge in [0, 0.05) is 44.9 Å². The van der Waals surface area contributed by atoms with E-state index >= 15 is 0 Å². The minimum absolute atomic E-state index is 0.0276. The Morgan fingerprint density at radius 3 is 1.63 bits per heavy atom. The first-order valence-corrected chi connectivity index (χ1v) is 25.2. The molecule has 0 saturated carbocycles. The molecule has 342 valence electrons. The number of nitrogens with zero attached hydrogens (tertiary/aromatic N) is 2. The van der Waals surface area contributed by atoms with Crippen LogP contribution < -0.4 is 26.2 Å². The highest BCUT2D eigenvalue weighted by atomic mass is 16.3. The molecule has 8 aromatic rings. The quantitative estimate of drug-likeness (QED) is 0.165. The topological polar surface area (TPSA) is 19.6 Å². The molecule has 0 amide bonds. The monoisotopic (exact) mass is 891 g/mol. The van der Waals surface area contributed by atoms with Gasteiger partial charge in [0.2, 0.25) is 0 Å². The standard InChI is InChI=1S/C64H67BN2O/c1-59(2,3)40-22-28-52-50(30-40)65-51-34-48-49(64(13,14)37-63(48,11)12)35-53(51)67(43-25-27-46-47(33-43)62(9,10)36-61(46,7)8)55-32-41(60(4,5)6)31-54(58(55)65)66(52)42-23-19-38(20-24-42)39-21-26-45-44-17-15-16-18-56(44)68-57(45)29-39/h15-35H,36-37H2,1-14H3. The van der Waals surface area contributed by atoms with Gasteiger partial charge >= 0.3 is 0 Å². The summed E-state index contributed by atoms with van der Waals surface area (Å²) in [5.74, 6) is 0. The number of anilines is 6. The summed E-state index contributed by atoms with van der Waals surface area (Å²) in [6.45, 7) is 33.9. The Balaban J connectivity index is 1.13. The second-order valence-electron chi connectivity index (χ2n) is 25.7. The minimum Gasteiger partial charge on any atom is -0.456 e. The van der Waals surface area contributed by atoms with Crippen molar-refractivity contribution in [2.75, 3.05) is 9.80 Å². The van der Waals surface area contributed by atoms with E-state index in [1.807, 2.05) is 6.07 Å². The van der Waals surface area contributed by atoms with Crippen molar-refractivity contribution in [3.05, 3.63) is 161 Å². The Bertz CT molecular complexity index is 3440. The first-order valence-electron chi connectivity index (χ1n) is 25.2. The second kappa shape index (κ2) is 13.8. The van der Waals surface area contributed by atoms with E-state index in [1.165, 1.54) is 83.8 Å². The maximum Gasteiger partial charge on any atom is 0.252 e. The fraction of sp³-hybridized carbons (Fsp3) is 0.344. The molecule has 0 bridgehead atoms. The molecule has 3 nitrogen and oxygen atoms in total. The average molecular weight is 891 g/mol. The zero-order valence-corrected chi connectivity index (χ0v) is 42.9. The van der Waals surface area contributed by atoms with E-state index in [9.17, 15) is 0 Å². The molecular weight excluding hydrogens is 824 g/mol. The van der Waals surface area contributed by atoms with Crippen LogP contribution in [0.2, 0.25) is 0 Å². The Kier molecular flexibility index (Phi) is 8.81. The number of fused-ring (bicyclic) bond motifs is 9. The second-order valence-corrected chi connectivity index (χ2v) is 25.7. The molecule has 0 atom stereocenters.